The maximum absolute atomic E-state index is 14.4. The molecule has 2 aromatic carbocycles. The van der Waals surface area contributed by atoms with E-state index in [4.69, 9.17) is 37.9 Å². The molecule has 0 aliphatic carbocycles. The van der Waals surface area contributed by atoms with Crippen LogP contribution in [0.4, 0.5) is 0 Å². The van der Waals surface area contributed by atoms with Crippen molar-refractivity contribution in [1.29, 1.82) is 0 Å². The number of fused-ring (bicyclic) bond motifs is 1. The highest BCUT2D eigenvalue weighted by atomic mass is 16.7. The van der Waals surface area contributed by atoms with Gasteiger partial charge in [-0.3, -0.25) is 38.5 Å². The van der Waals surface area contributed by atoms with E-state index in [9.17, 15) is 39.1 Å². The Labute approximate surface area is 319 Å². The van der Waals surface area contributed by atoms with Gasteiger partial charge in [0, 0.05) is 32.6 Å². The molecule has 2 saturated heterocycles. The van der Waals surface area contributed by atoms with Crippen molar-refractivity contribution < 1.29 is 71.5 Å². The van der Waals surface area contributed by atoms with E-state index in [1.54, 1.807) is 36.4 Å². The van der Waals surface area contributed by atoms with Crippen LogP contribution in [0.2, 0.25) is 0 Å². The van der Waals surface area contributed by atoms with Gasteiger partial charge in [0.25, 0.3) is 17.7 Å². The van der Waals surface area contributed by atoms with Crippen molar-refractivity contribution >= 4 is 41.6 Å². The fourth-order valence-electron chi connectivity index (χ4n) is 6.68. The standard InChI is InChI=1S/C36H39N5O15/c1-17(42)52-28-25(41-35(47)23-8-6-7-9-24(23)36(41)48)15-51-26(16-50-14-21-10-12-22(49-5)13-11-21)27(28)38-33(46)31-29(53-18(2)43)30(54-19(3)44)32(55-20(4)45)34(56-31)39-40-37/h6-13,25-32,34H,14-16H2,1-5H3,(H,38,46)/t25?,26?,27-,28+,29+,30-,31?,32?,34+/m0/s1. The molecule has 5 rings (SSSR count). The largest absolute Gasteiger partial charge is 0.497 e. The van der Waals surface area contributed by atoms with Crippen LogP contribution in [-0.4, -0.2) is 122 Å². The van der Waals surface area contributed by atoms with Gasteiger partial charge < -0.3 is 43.2 Å². The molecule has 2 aromatic rings. The number of carbonyl (C=O) groups excluding carboxylic acids is 7. The van der Waals surface area contributed by atoms with Gasteiger partial charge in [-0.1, -0.05) is 29.4 Å². The van der Waals surface area contributed by atoms with Gasteiger partial charge in [-0.05, 0) is 35.4 Å². The van der Waals surface area contributed by atoms with Crippen LogP contribution in [-0.2, 0) is 63.7 Å². The Hall–Kier alpha value is -6.08. The van der Waals surface area contributed by atoms with Gasteiger partial charge in [-0.2, -0.15) is 0 Å². The van der Waals surface area contributed by atoms with E-state index in [0.29, 0.717) is 5.75 Å². The molecule has 20 heteroatoms. The summed E-state index contributed by atoms with van der Waals surface area (Å²) < 4.78 is 44.9. The Morgan fingerprint density at radius 2 is 1.38 bits per heavy atom. The fraction of sp³-hybridized carbons (Fsp3) is 0.472. The second-order valence-electron chi connectivity index (χ2n) is 12.8. The molecule has 3 heterocycles. The van der Waals surface area contributed by atoms with Crippen LogP contribution < -0.4 is 10.1 Å². The number of amides is 3. The Morgan fingerprint density at radius 3 is 1.93 bits per heavy atom. The summed E-state index contributed by atoms with van der Waals surface area (Å²) in [5, 5.41) is 6.16. The number of azide groups is 1. The summed E-state index contributed by atoms with van der Waals surface area (Å²) in [4.78, 5) is 94.7. The zero-order valence-electron chi connectivity index (χ0n) is 30.8. The van der Waals surface area contributed by atoms with Gasteiger partial charge in [-0.15, -0.1) is 0 Å². The van der Waals surface area contributed by atoms with Gasteiger partial charge in [0.2, 0.25) is 0 Å². The third-order valence-corrected chi connectivity index (χ3v) is 8.94. The first-order chi connectivity index (χ1) is 26.7. The molecule has 1 N–H and O–H groups in total. The predicted octanol–water partition coefficient (Wildman–Crippen LogP) is 1.52. The average molecular weight is 782 g/mol. The maximum Gasteiger partial charge on any atom is 0.303 e. The number of benzene rings is 2. The summed E-state index contributed by atoms with van der Waals surface area (Å²) in [6.07, 6.45) is -11.5. The monoisotopic (exact) mass is 781 g/mol. The van der Waals surface area contributed by atoms with Crippen molar-refractivity contribution in [3.05, 3.63) is 75.7 Å². The van der Waals surface area contributed by atoms with E-state index >= 15 is 0 Å². The second kappa shape index (κ2) is 18.0. The Bertz CT molecular complexity index is 1870. The van der Waals surface area contributed by atoms with Crippen molar-refractivity contribution in [2.75, 3.05) is 20.3 Å². The van der Waals surface area contributed by atoms with E-state index in [-0.39, 0.29) is 30.9 Å². The first-order valence-corrected chi connectivity index (χ1v) is 17.2. The molecule has 0 spiro atoms. The van der Waals surface area contributed by atoms with E-state index in [1.807, 2.05) is 0 Å². The Balaban J connectivity index is 1.52. The second-order valence-corrected chi connectivity index (χ2v) is 12.8. The van der Waals surface area contributed by atoms with Crippen molar-refractivity contribution in [2.45, 2.75) is 89.2 Å². The number of hydrogen-bond acceptors (Lipinski definition) is 16. The van der Waals surface area contributed by atoms with Crippen molar-refractivity contribution in [3.8, 4) is 5.75 Å². The highest BCUT2D eigenvalue weighted by Crippen LogP contribution is 2.33. The molecule has 3 aliphatic heterocycles. The van der Waals surface area contributed by atoms with Crippen molar-refractivity contribution in [1.82, 2.24) is 10.2 Å². The third-order valence-electron chi connectivity index (χ3n) is 8.94. The van der Waals surface area contributed by atoms with Crippen LogP contribution in [0.3, 0.4) is 0 Å². The lowest BCUT2D eigenvalue weighted by molar-refractivity contribution is -0.243. The molecule has 20 nitrogen and oxygen atoms in total. The van der Waals surface area contributed by atoms with Gasteiger partial charge in [0.15, 0.2) is 30.6 Å². The number of rotatable bonds is 13. The topological polar surface area (TPSA) is 257 Å². The van der Waals surface area contributed by atoms with Crippen LogP contribution in [0, 0.1) is 0 Å². The van der Waals surface area contributed by atoms with E-state index in [1.165, 1.54) is 19.2 Å². The fourth-order valence-corrected chi connectivity index (χ4v) is 6.68. The summed E-state index contributed by atoms with van der Waals surface area (Å²) in [7, 11) is 1.52. The number of hydrogen-bond donors (Lipinski definition) is 1. The number of esters is 4. The zero-order valence-corrected chi connectivity index (χ0v) is 30.8. The molecule has 9 atom stereocenters. The summed E-state index contributed by atoms with van der Waals surface area (Å²) in [6, 6.07) is 10.4. The SMILES string of the molecule is COc1ccc(COCC2OCC(N3C(=O)c4ccccc4C3=O)[C@@H](OC(C)=O)[C@H]2NC(=O)C2O[C@@H](N=[N+]=[N-])C(OC(C)=O)[C@@H](OC(C)=O)[C@H]2OC(C)=O)cc1. The summed E-state index contributed by atoms with van der Waals surface area (Å²) in [5.41, 5.74) is 10.3. The van der Waals surface area contributed by atoms with Crippen LogP contribution in [0.5, 0.6) is 5.75 Å². The first kappa shape index (κ1) is 41.1. The van der Waals surface area contributed by atoms with Gasteiger partial charge in [0.05, 0.1) is 44.1 Å². The molecule has 3 amide bonds. The van der Waals surface area contributed by atoms with Crippen molar-refractivity contribution in [2.24, 2.45) is 5.11 Å². The van der Waals surface area contributed by atoms with E-state index in [2.05, 4.69) is 15.3 Å². The molecule has 56 heavy (non-hydrogen) atoms. The number of nitrogens with one attached hydrogen (secondary N) is 1. The average Bonchev–Trinajstić information content (AvgIpc) is 3.40. The Kier molecular flexibility index (Phi) is 13.2. The quantitative estimate of drug-likeness (QED) is 0.0755. The number of imide groups is 1. The molecule has 0 bridgehead atoms. The molecule has 298 valence electrons. The minimum Gasteiger partial charge on any atom is -0.497 e. The summed E-state index contributed by atoms with van der Waals surface area (Å²) >= 11 is 0. The molecule has 4 unspecified atom stereocenters. The minimum absolute atomic E-state index is 0.0558. The Morgan fingerprint density at radius 1 is 0.821 bits per heavy atom. The van der Waals surface area contributed by atoms with Crippen LogP contribution in [0.1, 0.15) is 54.0 Å². The summed E-state index contributed by atoms with van der Waals surface area (Å²) in [5.74, 6) is -5.56. The highest BCUT2D eigenvalue weighted by Gasteiger charge is 2.56. The molecule has 3 aliphatic rings. The van der Waals surface area contributed by atoms with Crippen LogP contribution in [0.15, 0.2) is 53.6 Å². The smallest absolute Gasteiger partial charge is 0.303 e. The van der Waals surface area contributed by atoms with Crippen molar-refractivity contribution in [3.63, 3.8) is 0 Å². The minimum atomic E-state index is -1.94. The zero-order chi connectivity index (χ0) is 40.7. The molecule has 2 fully saturated rings. The molecule has 0 saturated carbocycles. The van der Waals surface area contributed by atoms with Gasteiger partial charge in [-0.25, -0.2) is 0 Å². The van der Waals surface area contributed by atoms with E-state index in [0.717, 1.165) is 38.2 Å². The number of ether oxygens (including phenoxy) is 8. The lowest BCUT2D eigenvalue weighted by Gasteiger charge is -2.46. The lowest BCUT2D eigenvalue weighted by Crippen LogP contribution is -2.70. The molecule has 0 radical (unpaired) electrons. The maximum atomic E-state index is 14.4. The van der Waals surface area contributed by atoms with Crippen LogP contribution in [0.25, 0.3) is 10.4 Å². The third kappa shape index (κ3) is 9.23. The lowest BCUT2D eigenvalue weighted by atomic mass is 9.92. The van der Waals surface area contributed by atoms with E-state index < -0.39 is 96.5 Å². The van der Waals surface area contributed by atoms with Crippen LogP contribution >= 0.6 is 0 Å². The molecular weight excluding hydrogens is 742 g/mol. The predicted molar refractivity (Wildman–Crippen MR) is 185 cm³/mol. The number of carbonyl (C=O) groups is 7. The molecular formula is C36H39N5O15. The first-order valence-electron chi connectivity index (χ1n) is 17.2. The molecule has 0 aromatic heterocycles. The highest BCUT2D eigenvalue weighted by molar-refractivity contribution is 6.21. The summed E-state index contributed by atoms with van der Waals surface area (Å²) in [6.45, 7) is 3.57. The number of methoxy groups -OCH3 is 1. The van der Waals surface area contributed by atoms with Gasteiger partial charge >= 0.3 is 23.9 Å². The normalized spacial score (nSPS) is 26.9. The van der Waals surface area contributed by atoms with Gasteiger partial charge in [0.1, 0.15) is 24.0 Å². The number of nitrogens with zero attached hydrogens (tertiary/aromatic N) is 4.